The number of likely N-dealkylation sites (N-methyl/N-ethyl adjacent to an activating group) is 1. The Morgan fingerprint density at radius 3 is 2.33 bits per heavy atom. The summed E-state index contributed by atoms with van der Waals surface area (Å²) in [6.07, 6.45) is 0. The average Bonchev–Trinajstić information content (AvgIpc) is 2.83. The first-order chi connectivity index (χ1) is 11.5. The van der Waals surface area contributed by atoms with E-state index in [1.807, 2.05) is 56.3 Å². The van der Waals surface area contributed by atoms with Gasteiger partial charge in [-0.1, -0.05) is 43.0 Å². The predicted molar refractivity (Wildman–Crippen MR) is 95.7 cm³/mol. The molecule has 1 heterocycles. The second-order valence-corrected chi connectivity index (χ2v) is 5.81. The Hall–Kier alpha value is -2.88. The van der Waals surface area contributed by atoms with E-state index in [0.717, 1.165) is 16.8 Å². The molecule has 122 valence electrons. The summed E-state index contributed by atoms with van der Waals surface area (Å²) in [4.78, 5) is 28.5. The molecule has 2 aromatic carbocycles. The molecule has 0 spiro atoms. The molecule has 0 saturated carbocycles. The van der Waals surface area contributed by atoms with E-state index in [2.05, 4.69) is 6.58 Å². The Balaban J connectivity index is 1.84. The smallest absolute Gasteiger partial charge is 0.259 e. The van der Waals surface area contributed by atoms with Gasteiger partial charge in [0.1, 0.15) is 6.54 Å². The van der Waals surface area contributed by atoms with Crippen molar-refractivity contribution in [2.24, 2.45) is 0 Å². The second-order valence-electron chi connectivity index (χ2n) is 5.81. The van der Waals surface area contributed by atoms with Crippen molar-refractivity contribution >= 4 is 23.2 Å². The Labute approximate surface area is 142 Å². The minimum absolute atomic E-state index is 0.00544. The van der Waals surface area contributed by atoms with Gasteiger partial charge in [0, 0.05) is 29.1 Å². The van der Waals surface area contributed by atoms with Gasteiger partial charge in [-0.25, -0.2) is 0 Å². The average molecular weight is 320 g/mol. The van der Waals surface area contributed by atoms with E-state index in [4.69, 9.17) is 0 Å². The van der Waals surface area contributed by atoms with Crippen LogP contribution in [0.25, 0.3) is 5.70 Å². The zero-order chi connectivity index (χ0) is 17.3. The highest BCUT2D eigenvalue weighted by atomic mass is 16.2. The molecule has 0 atom stereocenters. The molecule has 2 amide bonds. The standard InChI is InChI=1S/C20H20N2O2/c1-4-21(18-12-8-5-9-14(18)2)19(23)13-22-15(3)16-10-6-7-11-17(16)20(22)24/h5-12H,3-4,13H2,1-2H3. The van der Waals surface area contributed by atoms with Crippen LogP contribution in [0.15, 0.2) is 55.1 Å². The monoisotopic (exact) mass is 320 g/mol. The van der Waals surface area contributed by atoms with Gasteiger partial charge in [-0.3, -0.25) is 14.5 Å². The molecule has 4 heteroatoms. The Bertz CT molecular complexity index is 791. The molecule has 4 nitrogen and oxygen atoms in total. The van der Waals surface area contributed by atoms with Crippen molar-refractivity contribution in [3.63, 3.8) is 0 Å². The molecule has 1 aliphatic rings. The largest absolute Gasteiger partial charge is 0.311 e. The highest BCUT2D eigenvalue weighted by molar-refractivity contribution is 6.11. The van der Waals surface area contributed by atoms with Gasteiger partial charge in [0.05, 0.1) is 0 Å². The number of anilines is 1. The number of rotatable bonds is 4. The van der Waals surface area contributed by atoms with E-state index in [0.29, 0.717) is 17.8 Å². The van der Waals surface area contributed by atoms with E-state index < -0.39 is 0 Å². The fraction of sp³-hybridized carbons (Fsp3) is 0.200. The van der Waals surface area contributed by atoms with E-state index in [-0.39, 0.29) is 18.4 Å². The summed E-state index contributed by atoms with van der Waals surface area (Å²) in [6, 6.07) is 15.1. The van der Waals surface area contributed by atoms with Gasteiger partial charge >= 0.3 is 0 Å². The zero-order valence-electron chi connectivity index (χ0n) is 14.0. The topological polar surface area (TPSA) is 40.6 Å². The maximum atomic E-state index is 12.8. The third-order valence-corrected chi connectivity index (χ3v) is 4.36. The molecular weight excluding hydrogens is 300 g/mol. The number of nitrogens with zero attached hydrogens (tertiary/aromatic N) is 2. The quantitative estimate of drug-likeness (QED) is 0.865. The third-order valence-electron chi connectivity index (χ3n) is 4.36. The van der Waals surface area contributed by atoms with Crippen LogP contribution >= 0.6 is 0 Å². The molecule has 0 saturated heterocycles. The molecule has 24 heavy (non-hydrogen) atoms. The van der Waals surface area contributed by atoms with Gasteiger partial charge in [0.2, 0.25) is 5.91 Å². The van der Waals surface area contributed by atoms with Gasteiger partial charge in [0.25, 0.3) is 5.91 Å². The molecule has 0 bridgehead atoms. The molecule has 0 radical (unpaired) electrons. The van der Waals surface area contributed by atoms with Crippen LogP contribution in [-0.4, -0.2) is 29.8 Å². The molecule has 0 aromatic heterocycles. The summed E-state index contributed by atoms with van der Waals surface area (Å²) < 4.78 is 0. The van der Waals surface area contributed by atoms with Crippen LogP contribution in [0.5, 0.6) is 0 Å². The fourth-order valence-corrected chi connectivity index (χ4v) is 3.07. The summed E-state index contributed by atoms with van der Waals surface area (Å²) in [5.41, 5.74) is 3.90. The predicted octanol–water partition coefficient (Wildman–Crippen LogP) is 3.47. The van der Waals surface area contributed by atoms with Crippen LogP contribution in [0.3, 0.4) is 0 Å². The van der Waals surface area contributed by atoms with Crippen LogP contribution in [0, 0.1) is 6.92 Å². The maximum Gasteiger partial charge on any atom is 0.259 e. The van der Waals surface area contributed by atoms with Crippen molar-refractivity contribution in [3.05, 3.63) is 71.8 Å². The normalized spacial score (nSPS) is 13.2. The number of hydrogen-bond donors (Lipinski definition) is 0. The number of hydrogen-bond acceptors (Lipinski definition) is 2. The summed E-state index contributed by atoms with van der Waals surface area (Å²) >= 11 is 0. The van der Waals surface area contributed by atoms with Crippen LogP contribution in [0.2, 0.25) is 0 Å². The lowest BCUT2D eigenvalue weighted by molar-refractivity contribution is -0.118. The Morgan fingerprint density at radius 2 is 1.71 bits per heavy atom. The Kier molecular flexibility index (Phi) is 4.21. The van der Waals surface area contributed by atoms with Gasteiger partial charge in [-0.15, -0.1) is 0 Å². The van der Waals surface area contributed by atoms with Crippen LogP contribution in [-0.2, 0) is 4.79 Å². The van der Waals surface area contributed by atoms with Crippen molar-refractivity contribution in [2.75, 3.05) is 18.0 Å². The lowest BCUT2D eigenvalue weighted by Crippen LogP contribution is -2.40. The molecule has 0 N–H and O–H groups in total. The number of carbonyl (C=O) groups is 2. The molecule has 0 fully saturated rings. The summed E-state index contributed by atoms with van der Waals surface area (Å²) in [7, 11) is 0. The van der Waals surface area contributed by atoms with Crippen molar-refractivity contribution in [2.45, 2.75) is 13.8 Å². The van der Waals surface area contributed by atoms with Gasteiger partial charge in [0.15, 0.2) is 0 Å². The number of aryl methyl sites for hydroxylation is 1. The van der Waals surface area contributed by atoms with Crippen molar-refractivity contribution in [1.29, 1.82) is 0 Å². The van der Waals surface area contributed by atoms with Crippen molar-refractivity contribution in [3.8, 4) is 0 Å². The number of fused-ring (bicyclic) bond motifs is 1. The van der Waals surface area contributed by atoms with Crippen molar-refractivity contribution < 1.29 is 9.59 Å². The van der Waals surface area contributed by atoms with E-state index >= 15 is 0 Å². The summed E-state index contributed by atoms with van der Waals surface area (Å²) in [5.74, 6) is -0.279. The minimum atomic E-state index is -0.162. The molecule has 0 aliphatic carbocycles. The third kappa shape index (κ3) is 2.60. The molecule has 3 rings (SSSR count). The highest BCUT2D eigenvalue weighted by Gasteiger charge is 2.33. The lowest BCUT2D eigenvalue weighted by atomic mass is 10.1. The first-order valence-corrected chi connectivity index (χ1v) is 8.00. The van der Waals surface area contributed by atoms with Gasteiger partial charge in [-0.05, 0) is 31.5 Å². The number of para-hydroxylation sites is 1. The number of amides is 2. The maximum absolute atomic E-state index is 12.8. The number of benzene rings is 2. The lowest BCUT2D eigenvalue weighted by Gasteiger charge is -2.26. The van der Waals surface area contributed by atoms with E-state index in [1.165, 1.54) is 4.90 Å². The van der Waals surface area contributed by atoms with Gasteiger partial charge < -0.3 is 4.90 Å². The summed E-state index contributed by atoms with van der Waals surface area (Å²) in [5, 5.41) is 0. The second kappa shape index (κ2) is 6.32. The Morgan fingerprint density at radius 1 is 1.08 bits per heavy atom. The van der Waals surface area contributed by atoms with Crippen LogP contribution < -0.4 is 4.90 Å². The molecule has 2 aromatic rings. The van der Waals surface area contributed by atoms with E-state index in [1.54, 1.807) is 11.0 Å². The van der Waals surface area contributed by atoms with Crippen molar-refractivity contribution in [1.82, 2.24) is 4.90 Å². The first kappa shape index (κ1) is 16.0. The van der Waals surface area contributed by atoms with Crippen LogP contribution in [0.1, 0.15) is 28.4 Å². The molecule has 0 unspecified atom stereocenters. The minimum Gasteiger partial charge on any atom is -0.311 e. The SMILES string of the molecule is C=C1c2ccccc2C(=O)N1CC(=O)N(CC)c1ccccc1C. The van der Waals surface area contributed by atoms with Gasteiger partial charge in [-0.2, -0.15) is 0 Å². The zero-order valence-corrected chi connectivity index (χ0v) is 14.0. The fourth-order valence-electron chi connectivity index (χ4n) is 3.07. The molecule has 1 aliphatic heterocycles. The first-order valence-electron chi connectivity index (χ1n) is 8.00. The number of carbonyl (C=O) groups excluding carboxylic acids is 2. The summed E-state index contributed by atoms with van der Waals surface area (Å²) in [6.45, 7) is 8.44. The van der Waals surface area contributed by atoms with E-state index in [9.17, 15) is 9.59 Å². The molecular formula is C20H20N2O2. The van der Waals surface area contributed by atoms with Crippen LogP contribution in [0.4, 0.5) is 5.69 Å². The highest BCUT2D eigenvalue weighted by Crippen LogP contribution is 2.31.